The minimum absolute atomic E-state index is 0.122. The second kappa shape index (κ2) is 9.41. The van der Waals surface area contributed by atoms with Gasteiger partial charge >= 0.3 is 0 Å². The van der Waals surface area contributed by atoms with Crippen molar-refractivity contribution in [2.24, 2.45) is 0 Å². The summed E-state index contributed by atoms with van der Waals surface area (Å²) in [6, 6.07) is 17.7. The van der Waals surface area contributed by atoms with Crippen molar-refractivity contribution < 1.29 is 9.32 Å². The number of aryl methyl sites for hydroxylation is 1. The van der Waals surface area contributed by atoms with Crippen LogP contribution in [-0.4, -0.2) is 41.2 Å². The summed E-state index contributed by atoms with van der Waals surface area (Å²) in [6.07, 6.45) is 2.09. The molecule has 160 valence electrons. The number of fused-ring (bicyclic) bond motifs is 1. The van der Waals surface area contributed by atoms with Crippen molar-refractivity contribution >= 4 is 34.3 Å². The quantitative estimate of drug-likeness (QED) is 0.394. The fourth-order valence-electron chi connectivity index (χ4n) is 3.39. The minimum atomic E-state index is -0.122. The molecule has 1 amide bonds. The molecule has 6 nitrogen and oxygen atoms in total. The summed E-state index contributed by atoms with van der Waals surface area (Å²) < 4.78 is 7.51. The number of carbonyl (C=O) groups excluding carboxylic acids is 1. The van der Waals surface area contributed by atoms with Crippen LogP contribution in [0, 0.1) is 6.92 Å². The molecule has 0 radical (unpaired) electrons. The Labute approximate surface area is 186 Å². The van der Waals surface area contributed by atoms with Crippen molar-refractivity contribution in [2.75, 3.05) is 26.0 Å². The molecule has 0 unspecified atom stereocenters. The number of hydrogen-bond acceptors (Lipinski definition) is 5. The fourth-order valence-corrected chi connectivity index (χ4v) is 4.32. The Balaban J connectivity index is 1.47. The van der Waals surface area contributed by atoms with E-state index in [0.717, 1.165) is 46.0 Å². The van der Waals surface area contributed by atoms with Crippen molar-refractivity contribution in [3.05, 3.63) is 77.8 Å². The molecule has 2 aromatic heterocycles. The first-order chi connectivity index (χ1) is 15.0. The molecule has 0 saturated carbocycles. The third kappa shape index (κ3) is 5.18. The number of rotatable bonds is 8. The van der Waals surface area contributed by atoms with Crippen molar-refractivity contribution in [3.8, 4) is 0 Å². The van der Waals surface area contributed by atoms with E-state index in [1.807, 2.05) is 49.4 Å². The number of aromatic nitrogens is 2. The second-order valence-electron chi connectivity index (χ2n) is 7.76. The summed E-state index contributed by atoms with van der Waals surface area (Å²) in [4.78, 5) is 16.1. The topological polar surface area (TPSA) is 63.3 Å². The maximum Gasteiger partial charge on any atom is 0.256 e. The van der Waals surface area contributed by atoms with Gasteiger partial charge in [-0.25, -0.2) is 0 Å². The molecular formula is C24H26N4O2S. The van der Waals surface area contributed by atoms with Gasteiger partial charge in [-0.3, -0.25) is 4.79 Å². The summed E-state index contributed by atoms with van der Waals surface area (Å²) in [5.41, 5.74) is 3.45. The molecule has 0 aliphatic rings. The number of nitrogens with one attached hydrogen (secondary N) is 1. The van der Waals surface area contributed by atoms with E-state index in [4.69, 9.17) is 4.52 Å². The van der Waals surface area contributed by atoms with Gasteiger partial charge in [0, 0.05) is 46.8 Å². The summed E-state index contributed by atoms with van der Waals surface area (Å²) in [6.45, 7) is 3.80. The van der Waals surface area contributed by atoms with Crippen LogP contribution in [0.1, 0.15) is 21.8 Å². The fraction of sp³-hybridized carbons (Fsp3) is 0.250. The van der Waals surface area contributed by atoms with Gasteiger partial charge in [-0.05, 0) is 57.4 Å². The van der Waals surface area contributed by atoms with E-state index in [1.165, 1.54) is 0 Å². The minimum Gasteiger partial charge on any atom is -0.360 e. The lowest BCUT2D eigenvalue weighted by Crippen LogP contribution is -2.17. The van der Waals surface area contributed by atoms with E-state index in [9.17, 15) is 4.79 Å². The molecule has 0 fully saturated rings. The molecule has 2 aromatic carbocycles. The van der Waals surface area contributed by atoms with Gasteiger partial charge in [-0.15, -0.1) is 11.8 Å². The predicted octanol–water partition coefficient (Wildman–Crippen LogP) is 5.04. The first-order valence-electron chi connectivity index (χ1n) is 10.2. The van der Waals surface area contributed by atoms with Crippen LogP contribution in [-0.2, 0) is 12.3 Å². The molecule has 4 aromatic rings. The summed E-state index contributed by atoms with van der Waals surface area (Å²) in [7, 11) is 4.14. The molecule has 31 heavy (non-hydrogen) atoms. The third-order valence-corrected chi connectivity index (χ3v) is 6.09. The van der Waals surface area contributed by atoms with Crippen LogP contribution >= 0.6 is 11.8 Å². The molecule has 7 heteroatoms. The molecule has 0 aliphatic heterocycles. The van der Waals surface area contributed by atoms with Gasteiger partial charge in [0.05, 0.1) is 17.0 Å². The zero-order valence-electron chi connectivity index (χ0n) is 18.0. The van der Waals surface area contributed by atoms with Crippen LogP contribution in [0.15, 0.2) is 70.2 Å². The average Bonchev–Trinajstić information content (AvgIpc) is 3.36. The summed E-state index contributed by atoms with van der Waals surface area (Å²) in [5.74, 6) is 1.29. The van der Waals surface area contributed by atoms with Gasteiger partial charge in [0.15, 0.2) is 0 Å². The van der Waals surface area contributed by atoms with Crippen LogP contribution in [0.4, 0.5) is 5.69 Å². The van der Waals surface area contributed by atoms with E-state index in [-0.39, 0.29) is 5.91 Å². The van der Waals surface area contributed by atoms with Gasteiger partial charge in [0.1, 0.15) is 5.76 Å². The van der Waals surface area contributed by atoms with Crippen molar-refractivity contribution in [2.45, 2.75) is 24.1 Å². The Morgan fingerprint density at radius 1 is 1.16 bits per heavy atom. The van der Waals surface area contributed by atoms with Gasteiger partial charge in [0.2, 0.25) is 0 Å². The van der Waals surface area contributed by atoms with E-state index in [2.05, 4.69) is 52.4 Å². The number of likely N-dealkylation sites (N-methyl/N-ethyl adjacent to an activating group) is 1. The first-order valence-corrected chi connectivity index (χ1v) is 11.2. The van der Waals surface area contributed by atoms with Gasteiger partial charge in [0.25, 0.3) is 5.91 Å². The highest BCUT2D eigenvalue weighted by Crippen LogP contribution is 2.28. The van der Waals surface area contributed by atoms with Gasteiger partial charge in [-0.2, -0.15) is 0 Å². The molecule has 0 bridgehead atoms. The maximum atomic E-state index is 13.0. The molecule has 0 saturated heterocycles. The highest BCUT2D eigenvalue weighted by atomic mass is 32.2. The van der Waals surface area contributed by atoms with E-state index < -0.39 is 0 Å². The van der Waals surface area contributed by atoms with Gasteiger partial charge in [-0.1, -0.05) is 17.3 Å². The Kier molecular flexibility index (Phi) is 6.44. The number of anilines is 1. The van der Waals surface area contributed by atoms with Crippen molar-refractivity contribution in [1.29, 1.82) is 0 Å². The molecule has 0 aliphatic carbocycles. The summed E-state index contributed by atoms with van der Waals surface area (Å²) >= 11 is 1.56. The lowest BCUT2D eigenvalue weighted by atomic mass is 10.2. The predicted molar refractivity (Wildman–Crippen MR) is 126 cm³/mol. The number of amides is 1. The van der Waals surface area contributed by atoms with Crippen LogP contribution in [0.2, 0.25) is 0 Å². The van der Waals surface area contributed by atoms with Crippen LogP contribution < -0.4 is 5.32 Å². The number of hydrogen-bond donors (Lipinski definition) is 1. The van der Waals surface area contributed by atoms with E-state index in [1.54, 1.807) is 11.8 Å². The average molecular weight is 435 g/mol. The zero-order valence-corrected chi connectivity index (χ0v) is 18.8. The van der Waals surface area contributed by atoms with Crippen LogP contribution in [0.25, 0.3) is 10.9 Å². The largest absolute Gasteiger partial charge is 0.360 e. The summed E-state index contributed by atoms with van der Waals surface area (Å²) in [5, 5.41) is 8.08. The Hall–Kier alpha value is -3.03. The monoisotopic (exact) mass is 434 g/mol. The first kappa shape index (κ1) is 21.2. The molecule has 1 N–H and O–H groups in total. The Morgan fingerprint density at radius 3 is 2.77 bits per heavy atom. The molecular weight excluding hydrogens is 408 g/mol. The number of thioether (sulfide) groups is 1. The van der Waals surface area contributed by atoms with Crippen molar-refractivity contribution in [3.63, 3.8) is 0 Å². The van der Waals surface area contributed by atoms with E-state index in [0.29, 0.717) is 11.3 Å². The van der Waals surface area contributed by atoms with Crippen molar-refractivity contribution in [1.82, 2.24) is 14.6 Å². The second-order valence-corrected chi connectivity index (χ2v) is 8.78. The highest BCUT2D eigenvalue weighted by Gasteiger charge is 2.13. The van der Waals surface area contributed by atoms with E-state index >= 15 is 0 Å². The number of carbonyl (C=O) groups is 1. The SMILES string of the molecule is Cc1cc(CSc2ccccc2C(=O)Nc2ccc3c(ccn3CCN(C)C)c2)on1. The van der Waals surface area contributed by atoms with Gasteiger partial charge < -0.3 is 19.3 Å². The molecule has 2 heterocycles. The normalized spacial score (nSPS) is 11.4. The standard InChI is InChI=1S/C24H26N4O2S/c1-17-14-20(30-26-17)16-31-23-7-5-4-6-21(23)24(29)25-19-8-9-22-18(15-19)10-11-28(22)13-12-27(2)3/h4-11,14-15H,12-13,16H2,1-3H3,(H,25,29). The lowest BCUT2D eigenvalue weighted by molar-refractivity contribution is 0.102. The molecule has 4 rings (SSSR count). The number of benzene rings is 2. The lowest BCUT2D eigenvalue weighted by Gasteiger charge is -2.12. The number of nitrogens with zero attached hydrogens (tertiary/aromatic N) is 3. The van der Waals surface area contributed by atoms with Crippen LogP contribution in [0.5, 0.6) is 0 Å². The smallest absolute Gasteiger partial charge is 0.256 e. The molecule has 0 atom stereocenters. The van der Waals surface area contributed by atoms with Crippen LogP contribution in [0.3, 0.4) is 0 Å². The maximum absolute atomic E-state index is 13.0. The third-order valence-electron chi connectivity index (χ3n) is 5.00. The highest BCUT2D eigenvalue weighted by molar-refractivity contribution is 7.98. The Bertz CT molecular complexity index is 1200. The zero-order chi connectivity index (χ0) is 21.8. The molecule has 0 spiro atoms. The Morgan fingerprint density at radius 2 is 2.00 bits per heavy atom.